The third-order valence-corrected chi connectivity index (χ3v) is 6.22. The van der Waals surface area contributed by atoms with E-state index < -0.39 is 0 Å². The Bertz CT molecular complexity index is 1180. The van der Waals surface area contributed by atoms with Crippen LogP contribution in [-0.4, -0.2) is 52.9 Å². The summed E-state index contributed by atoms with van der Waals surface area (Å²) in [5, 5.41) is 6.76. The Morgan fingerprint density at radius 3 is 2.61 bits per heavy atom. The number of carbonyl (C=O) groups is 2. The number of amides is 2. The van der Waals surface area contributed by atoms with Crippen LogP contribution >= 0.6 is 0 Å². The summed E-state index contributed by atoms with van der Waals surface area (Å²) in [5.41, 5.74) is 3.32. The van der Waals surface area contributed by atoms with Crippen molar-refractivity contribution in [1.29, 1.82) is 0 Å². The Balaban J connectivity index is 1.53. The second-order valence-corrected chi connectivity index (χ2v) is 8.63. The van der Waals surface area contributed by atoms with Crippen LogP contribution in [0.2, 0.25) is 0 Å². The predicted molar refractivity (Wildman–Crippen MR) is 131 cm³/mol. The summed E-state index contributed by atoms with van der Waals surface area (Å²) in [6, 6.07) is 13.7. The van der Waals surface area contributed by atoms with Gasteiger partial charge in [0, 0.05) is 29.2 Å². The van der Waals surface area contributed by atoms with Crippen LogP contribution in [0, 0.1) is 0 Å². The van der Waals surface area contributed by atoms with E-state index in [-0.39, 0.29) is 17.9 Å². The van der Waals surface area contributed by atoms with Crippen LogP contribution in [-0.2, 0) is 4.79 Å². The smallest absolute Gasteiger partial charge is 0.270 e. The van der Waals surface area contributed by atoms with Gasteiger partial charge in [-0.05, 0) is 76.2 Å². The fraction of sp³-hybridized carbons (Fsp3) is 0.308. The van der Waals surface area contributed by atoms with Crippen LogP contribution in [0.5, 0.6) is 0 Å². The molecule has 0 bridgehead atoms. The Morgan fingerprint density at radius 2 is 1.88 bits per heavy atom. The number of carbonyl (C=O) groups excluding carboxylic acids is 2. The van der Waals surface area contributed by atoms with Gasteiger partial charge in [0.15, 0.2) is 0 Å². The van der Waals surface area contributed by atoms with E-state index >= 15 is 0 Å². The molecule has 2 N–H and O–H groups in total. The molecule has 0 aliphatic heterocycles. The van der Waals surface area contributed by atoms with Crippen molar-refractivity contribution in [1.82, 2.24) is 20.2 Å². The quantitative estimate of drug-likeness (QED) is 0.562. The standard InChI is InChI=1S/C26H29N5O2/c1-4-25(32)30-23-14-15-27-22-13-8-17(16-20(22)23)21-6-5-7-24(29-21)26(33)28-18-9-11-19(12-10-18)31(2)3/h4-8,13-16,18-19H,1,9-12H2,2-3H3,(H,28,33)(H,27,30,32)/t18-,19-. The molecule has 1 fully saturated rings. The maximum absolute atomic E-state index is 12.9. The van der Waals surface area contributed by atoms with Crippen molar-refractivity contribution in [3.8, 4) is 11.3 Å². The minimum atomic E-state index is -0.288. The monoisotopic (exact) mass is 443 g/mol. The van der Waals surface area contributed by atoms with E-state index in [0.717, 1.165) is 42.1 Å². The van der Waals surface area contributed by atoms with Crippen molar-refractivity contribution in [3.63, 3.8) is 0 Å². The number of nitrogens with one attached hydrogen (secondary N) is 2. The highest BCUT2D eigenvalue weighted by atomic mass is 16.2. The van der Waals surface area contributed by atoms with Crippen LogP contribution in [0.4, 0.5) is 5.69 Å². The lowest BCUT2D eigenvalue weighted by atomic mass is 9.90. The highest BCUT2D eigenvalue weighted by Gasteiger charge is 2.24. The van der Waals surface area contributed by atoms with Crippen molar-refractivity contribution in [3.05, 3.63) is 67.0 Å². The van der Waals surface area contributed by atoms with Crippen molar-refractivity contribution < 1.29 is 9.59 Å². The summed E-state index contributed by atoms with van der Waals surface area (Å²) >= 11 is 0. The van der Waals surface area contributed by atoms with Gasteiger partial charge < -0.3 is 15.5 Å². The molecule has 0 atom stereocenters. The van der Waals surface area contributed by atoms with Crippen LogP contribution < -0.4 is 10.6 Å². The van der Waals surface area contributed by atoms with Gasteiger partial charge in [-0.3, -0.25) is 14.6 Å². The fourth-order valence-corrected chi connectivity index (χ4v) is 4.32. The van der Waals surface area contributed by atoms with Gasteiger partial charge >= 0.3 is 0 Å². The molecule has 1 aliphatic rings. The van der Waals surface area contributed by atoms with Crippen LogP contribution in [0.25, 0.3) is 22.2 Å². The van der Waals surface area contributed by atoms with Crippen LogP contribution in [0.1, 0.15) is 36.2 Å². The number of hydrogen-bond acceptors (Lipinski definition) is 5. The molecule has 1 aromatic carbocycles. The van der Waals surface area contributed by atoms with Crippen LogP contribution in [0.3, 0.4) is 0 Å². The van der Waals surface area contributed by atoms with E-state index in [0.29, 0.717) is 23.1 Å². The zero-order valence-corrected chi connectivity index (χ0v) is 19.0. The third kappa shape index (κ3) is 5.26. The first-order chi connectivity index (χ1) is 15.9. The lowest BCUT2D eigenvalue weighted by Crippen LogP contribution is -2.42. The topological polar surface area (TPSA) is 87.2 Å². The number of rotatable bonds is 6. The molecular weight excluding hydrogens is 414 g/mol. The molecule has 0 saturated heterocycles. The molecule has 0 radical (unpaired) electrons. The van der Waals surface area contributed by atoms with Crippen molar-refractivity contribution in [2.75, 3.05) is 19.4 Å². The number of nitrogens with zero attached hydrogens (tertiary/aromatic N) is 3. The Morgan fingerprint density at radius 1 is 1.09 bits per heavy atom. The minimum Gasteiger partial charge on any atom is -0.348 e. The molecule has 2 aromatic heterocycles. The highest BCUT2D eigenvalue weighted by Crippen LogP contribution is 2.28. The molecule has 0 unspecified atom stereocenters. The maximum Gasteiger partial charge on any atom is 0.270 e. The van der Waals surface area contributed by atoms with E-state index in [9.17, 15) is 9.59 Å². The van der Waals surface area contributed by atoms with E-state index in [1.807, 2.05) is 30.3 Å². The number of hydrogen-bond donors (Lipinski definition) is 2. The summed E-state index contributed by atoms with van der Waals surface area (Å²) in [5.74, 6) is -0.434. The molecule has 170 valence electrons. The Labute approximate surface area is 193 Å². The molecule has 2 amide bonds. The molecule has 4 rings (SSSR count). The van der Waals surface area contributed by atoms with Crippen molar-refractivity contribution in [2.24, 2.45) is 0 Å². The van der Waals surface area contributed by atoms with Crippen LogP contribution in [0.15, 0.2) is 61.3 Å². The first-order valence-corrected chi connectivity index (χ1v) is 11.2. The molecule has 2 heterocycles. The summed E-state index contributed by atoms with van der Waals surface area (Å²) in [7, 11) is 4.22. The van der Waals surface area contributed by atoms with E-state index in [1.54, 1.807) is 18.3 Å². The minimum absolute atomic E-state index is 0.147. The predicted octanol–water partition coefficient (Wildman–Crippen LogP) is 4.02. The second-order valence-electron chi connectivity index (χ2n) is 8.63. The summed E-state index contributed by atoms with van der Waals surface area (Å²) in [6.07, 6.45) is 7.00. The molecule has 7 heteroatoms. The molecule has 1 saturated carbocycles. The average Bonchev–Trinajstić information content (AvgIpc) is 2.84. The third-order valence-electron chi connectivity index (χ3n) is 6.22. The lowest BCUT2D eigenvalue weighted by molar-refractivity contribution is -0.111. The Kier molecular flexibility index (Phi) is 6.79. The van der Waals surface area contributed by atoms with Gasteiger partial charge in [-0.1, -0.05) is 18.7 Å². The molecule has 7 nitrogen and oxygen atoms in total. The largest absolute Gasteiger partial charge is 0.348 e. The average molecular weight is 444 g/mol. The Hall–Kier alpha value is -3.58. The highest BCUT2D eigenvalue weighted by molar-refractivity contribution is 6.05. The zero-order valence-electron chi connectivity index (χ0n) is 19.0. The molecular formula is C26H29N5O2. The van der Waals surface area contributed by atoms with Gasteiger partial charge in [0.25, 0.3) is 5.91 Å². The summed E-state index contributed by atoms with van der Waals surface area (Å²) < 4.78 is 0. The van der Waals surface area contributed by atoms with Gasteiger partial charge in [0.2, 0.25) is 5.91 Å². The number of pyridine rings is 2. The number of fused-ring (bicyclic) bond motifs is 1. The first-order valence-electron chi connectivity index (χ1n) is 11.2. The van der Waals surface area contributed by atoms with E-state index in [4.69, 9.17) is 0 Å². The summed E-state index contributed by atoms with van der Waals surface area (Å²) in [4.78, 5) is 35.9. The fourth-order valence-electron chi connectivity index (χ4n) is 4.32. The van der Waals surface area contributed by atoms with Gasteiger partial charge in [0.1, 0.15) is 5.69 Å². The van der Waals surface area contributed by atoms with Crippen molar-refractivity contribution >= 4 is 28.4 Å². The van der Waals surface area contributed by atoms with Crippen molar-refractivity contribution in [2.45, 2.75) is 37.8 Å². The van der Waals surface area contributed by atoms with Gasteiger partial charge in [-0.25, -0.2) is 4.98 Å². The van der Waals surface area contributed by atoms with E-state index in [1.165, 1.54) is 6.08 Å². The number of benzene rings is 1. The zero-order chi connectivity index (χ0) is 23.4. The normalized spacial score (nSPS) is 18.2. The maximum atomic E-state index is 12.9. The SMILES string of the molecule is C=CC(=O)Nc1ccnc2ccc(-c3cccc(C(=O)N[C@H]4CC[C@H](N(C)C)CC4)n3)cc12. The first kappa shape index (κ1) is 22.6. The second kappa shape index (κ2) is 9.92. The van der Waals surface area contributed by atoms with Gasteiger partial charge in [-0.2, -0.15) is 0 Å². The van der Waals surface area contributed by atoms with Gasteiger partial charge in [0.05, 0.1) is 16.9 Å². The molecule has 3 aromatic rings. The molecule has 1 aliphatic carbocycles. The number of aromatic nitrogens is 2. The number of anilines is 1. The van der Waals surface area contributed by atoms with E-state index in [2.05, 4.69) is 46.2 Å². The molecule has 33 heavy (non-hydrogen) atoms. The summed E-state index contributed by atoms with van der Waals surface area (Å²) in [6.45, 7) is 3.50. The lowest BCUT2D eigenvalue weighted by Gasteiger charge is -2.32. The van der Waals surface area contributed by atoms with Gasteiger partial charge in [-0.15, -0.1) is 0 Å². The molecule has 0 spiro atoms.